The van der Waals surface area contributed by atoms with Crippen LogP contribution < -0.4 is 0 Å². The zero-order valence-electron chi connectivity index (χ0n) is 18.0. The van der Waals surface area contributed by atoms with E-state index in [1.165, 1.54) is 19.3 Å². The van der Waals surface area contributed by atoms with Crippen LogP contribution in [0.5, 0.6) is 0 Å². The predicted octanol–water partition coefficient (Wildman–Crippen LogP) is 3.45. The number of hydrogen-bond donors (Lipinski definition) is 1. The molecule has 174 valence electrons. The number of nitrogens with zero attached hydrogens (tertiary/aromatic N) is 3. The van der Waals surface area contributed by atoms with Crippen molar-refractivity contribution in [1.29, 1.82) is 0 Å². The van der Waals surface area contributed by atoms with E-state index in [1.54, 1.807) is 0 Å². The quantitative estimate of drug-likeness (QED) is 0.671. The Morgan fingerprint density at radius 3 is 2.17 bits per heavy atom. The number of aliphatic hydroxyl groups is 1. The summed E-state index contributed by atoms with van der Waals surface area (Å²) in [6.07, 6.45) is 3.28. The molecule has 4 rings (SSSR count). The standard InChI is InChI=1S/C22H38F3N3OS/c23-22(24,25)17-6-7-21-19(16-17)28(18-4-1-2-5-20(18)30-21)9-3-8-26-10-12-27(13-11-26)14-15-29/h17-21,29H,1-16H2. The van der Waals surface area contributed by atoms with Gasteiger partial charge in [-0.1, -0.05) is 12.8 Å². The molecule has 2 saturated carbocycles. The van der Waals surface area contributed by atoms with Gasteiger partial charge in [0.05, 0.1) is 12.5 Å². The Bertz CT molecular complexity index is 544. The van der Waals surface area contributed by atoms with Crippen molar-refractivity contribution in [3.8, 4) is 0 Å². The normalized spacial score (nSPS) is 37.0. The highest BCUT2D eigenvalue weighted by Gasteiger charge is 2.51. The lowest BCUT2D eigenvalue weighted by molar-refractivity contribution is -0.187. The Labute approximate surface area is 183 Å². The minimum atomic E-state index is -4.04. The van der Waals surface area contributed by atoms with E-state index < -0.39 is 12.1 Å². The highest BCUT2D eigenvalue weighted by atomic mass is 32.2. The maximum atomic E-state index is 13.5. The summed E-state index contributed by atoms with van der Waals surface area (Å²) in [4.78, 5) is 7.33. The Morgan fingerprint density at radius 2 is 1.47 bits per heavy atom. The Kier molecular flexibility index (Phi) is 7.93. The van der Waals surface area contributed by atoms with Crippen molar-refractivity contribution in [2.75, 3.05) is 52.4 Å². The monoisotopic (exact) mass is 449 g/mol. The van der Waals surface area contributed by atoms with Crippen molar-refractivity contribution >= 4 is 11.8 Å². The summed E-state index contributed by atoms with van der Waals surface area (Å²) in [6.45, 7) is 7.03. The largest absolute Gasteiger partial charge is 0.395 e. The number of aliphatic hydroxyl groups excluding tert-OH is 1. The van der Waals surface area contributed by atoms with Crippen LogP contribution in [-0.2, 0) is 0 Å². The fourth-order valence-electron chi connectivity index (χ4n) is 6.20. The number of thioether (sulfide) groups is 1. The third-order valence-electron chi connectivity index (χ3n) is 7.86. The van der Waals surface area contributed by atoms with E-state index in [1.807, 2.05) is 11.8 Å². The van der Waals surface area contributed by atoms with E-state index in [4.69, 9.17) is 5.11 Å². The van der Waals surface area contributed by atoms with Crippen LogP contribution in [0.25, 0.3) is 0 Å². The summed E-state index contributed by atoms with van der Waals surface area (Å²) in [7, 11) is 0. The summed E-state index contributed by atoms with van der Waals surface area (Å²) in [6, 6.07) is 0.592. The molecule has 0 radical (unpaired) electrons. The molecule has 4 nitrogen and oxygen atoms in total. The minimum Gasteiger partial charge on any atom is -0.395 e. The number of β-amino-alcohol motifs (C(OH)–C–C–N with tert-alkyl or cyclic N) is 1. The number of hydrogen-bond acceptors (Lipinski definition) is 5. The number of piperazine rings is 1. The van der Waals surface area contributed by atoms with Gasteiger partial charge in [-0.3, -0.25) is 9.80 Å². The van der Waals surface area contributed by atoms with Crippen LogP contribution in [-0.4, -0.2) is 101 Å². The number of halogens is 3. The molecule has 0 bridgehead atoms. The summed E-state index contributed by atoms with van der Waals surface area (Å²) >= 11 is 2.04. The summed E-state index contributed by atoms with van der Waals surface area (Å²) in [5.74, 6) is -1.11. The van der Waals surface area contributed by atoms with Crippen LogP contribution >= 0.6 is 11.8 Å². The van der Waals surface area contributed by atoms with Crippen molar-refractivity contribution in [2.45, 2.75) is 80.1 Å². The van der Waals surface area contributed by atoms with Crippen LogP contribution in [0.4, 0.5) is 13.2 Å². The second kappa shape index (κ2) is 10.3. The summed E-state index contributed by atoms with van der Waals surface area (Å²) in [5, 5.41) is 10.1. The lowest BCUT2D eigenvalue weighted by Gasteiger charge is -2.54. The second-order valence-electron chi connectivity index (χ2n) is 9.68. The molecule has 2 saturated heterocycles. The van der Waals surface area contributed by atoms with E-state index in [0.29, 0.717) is 29.4 Å². The van der Waals surface area contributed by atoms with Crippen molar-refractivity contribution < 1.29 is 18.3 Å². The van der Waals surface area contributed by atoms with Crippen molar-refractivity contribution in [2.24, 2.45) is 5.92 Å². The number of rotatable bonds is 6. The SMILES string of the molecule is OCCN1CCN(CCCN2C3CCCCC3SC3CCC(C(F)(F)F)CC32)CC1. The van der Waals surface area contributed by atoms with Gasteiger partial charge < -0.3 is 10.0 Å². The van der Waals surface area contributed by atoms with Gasteiger partial charge in [0, 0.05) is 61.9 Å². The molecule has 0 amide bonds. The van der Waals surface area contributed by atoms with Gasteiger partial charge in [0.2, 0.25) is 0 Å². The van der Waals surface area contributed by atoms with Crippen molar-refractivity contribution in [3.63, 3.8) is 0 Å². The zero-order chi connectivity index (χ0) is 21.1. The Hall–Kier alpha value is -0.0200. The maximum absolute atomic E-state index is 13.5. The first-order chi connectivity index (χ1) is 14.5. The minimum absolute atomic E-state index is 0.108. The molecule has 0 aromatic heterocycles. The van der Waals surface area contributed by atoms with Crippen LogP contribution in [0.1, 0.15) is 51.4 Å². The molecule has 2 aliphatic carbocycles. The Balaban J connectivity index is 1.34. The molecule has 0 spiro atoms. The van der Waals surface area contributed by atoms with Crippen LogP contribution in [0.2, 0.25) is 0 Å². The molecular formula is C22H38F3N3OS. The molecule has 5 atom stereocenters. The highest BCUT2D eigenvalue weighted by Crippen LogP contribution is 2.50. The second-order valence-corrected chi connectivity index (χ2v) is 11.2. The zero-order valence-corrected chi connectivity index (χ0v) is 18.8. The van der Waals surface area contributed by atoms with Gasteiger partial charge in [0.25, 0.3) is 0 Å². The molecular weight excluding hydrogens is 411 g/mol. The van der Waals surface area contributed by atoms with Gasteiger partial charge in [-0.25, -0.2) is 0 Å². The average Bonchev–Trinajstić information content (AvgIpc) is 2.73. The molecule has 2 aliphatic heterocycles. The van der Waals surface area contributed by atoms with E-state index in [-0.39, 0.29) is 12.6 Å². The predicted molar refractivity (Wildman–Crippen MR) is 116 cm³/mol. The fraction of sp³-hybridized carbons (Fsp3) is 1.00. The van der Waals surface area contributed by atoms with E-state index >= 15 is 0 Å². The van der Waals surface area contributed by atoms with E-state index in [9.17, 15) is 13.2 Å². The average molecular weight is 450 g/mol. The lowest BCUT2D eigenvalue weighted by Crippen LogP contribution is -2.60. The van der Waals surface area contributed by atoms with Gasteiger partial charge in [-0.15, -0.1) is 0 Å². The molecule has 0 aromatic carbocycles. The van der Waals surface area contributed by atoms with Gasteiger partial charge >= 0.3 is 6.18 Å². The smallest absolute Gasteiger partial charge is 0.391 e. The molecule has 0 aromatic rings. The first-order valence-corrected chi connectivity index (χ1v) is 12.9. The summed E-state index contributed by atoms with van der Waals surface area (Å²) in [5.41, 5.74) is 0. The van der Waals surface area contributed by atoms with E-state index in [2.05, 4.69) is 14.7 Å². The van der Waals surface area contributed by atoms with Gasteiger partial charge in [-0.05, 0) is 45.1 Å². The van der Waals surface area contributed by atoms with Crippen LogP contribution in [0.3, 0.4) is 0 Å². The lowest BCUT2D eigenvalue weighted by atomic mass is 9.81. The molecule has 4 fully saturated rings. The molecule has 30 heavy (non-hydrogen) atoms. The molecule has 4 aliphatic rings. The number of alkyl halides is 3. The Morgan fingerprint density at radius 1 is 0.800 bits per heavy atom. The van der Waals surface area contributed by atoms with Gasteiger partial charge in [0.15, 0.2) is 0 Å². The summed E-state index contributed by atoms with van der Waals surface area (Å²) < 4.78 is 40.5. The maximum Gasteiger partial charge on any atom is 0.391 e. The topological polar surface area (TPSA) is 30.0 Å². The first-order valence-electron chi connectivity index (χ1n) is 12.0. The van der Waals surface area contributed by atoms with Gasteiger partial charge in [-0.2, -0.15) is 24.9 Å². The number of fused-ring (bicyclic) bond motifs is 2. The molecule has 1 N–H and O–H groups in total. The highest BCUT2D eigenvalue weighted by molar-refractivity contribution is 8.00. The van der Waals surface area contributed by atoms with Crippen molar-refractivity contribution in [1.82, 2.24) is 14.7 Å². The van der Waals surface area contributed by atoms with Crippen LogP contribution in [0, 0.1) is 5.92 Å². The molecule has 8 heteroatoms. The first kappa shape index (κ1) is 23.1. The fourth-order valence-corrected chi connectivity index (χ4v) is 8.14. The molecule has 5 unspecified atom stereocenters. The molecule has 2 heterocycles. The van der Waals surface area contributed by atoms with E-state index in [0.717, 1.165) is 65.1 Å². The third-order valence-corrected chi connectivity index (χ3v) is 9.66. The van der Waals surface area contributed by atoms with Crippen LogP contribution in [0.15, 0.2) is 0 Å². The van der Waals surface area contributed by atoms with Crippen molar-refractivity contribution in [3.05, 3.63) is 0 Å². The third kappa shape index (κ3) is 5.48. The van der Waals surface area contributed by atoms with Gasteiger partial charge in [0.1, 0.15) is 0 Å².